The van der Waals surface area contributed by atoms with Crippen LogP contribution in [0.15, 0.2) is 18.2 Å². The van der Waals surface area contributed by atoms with Crippen molar-refractivity contribution in [2.75, 3.05) is 5.32 Å². The maximum absolute atomic E-state index is 13.4. The third-order valence-corrected chi connectivity index (χ3v) is 3.82. The van der Waals surface area contributed by atoms with Crippen molar-refractivity contribution in [3.63, 3.8) is 0 Å². The first-order valence-corrected chi connectivity index (χ1v) is 7.57. The summed E-state index contributed by atoms with van der Waals surface area (Å²) in [6, 6.07) is 3.73. The lowest BCUT2D eigenvalue weighted by Crippen LogP contribution is -2.33. The number of hydrogen-bond donors (Lipinski definition) is 2. The first kappa shape index (κ1) is 16.4. The molecule has 0 heterocycles. The second kappa shape index (κ2) is 7.35. The summed E-state index contributed by atoms with van der Waals surface area (Å²) in [5, 5.41) is 2.65. The zero-order chi connectivity index (χ0) is 16.1. The highest BCUT2D eigenvalue weighted by molar-refractivity contribution is 5.97. The molecule has 1 saturated carbocycles. The van der Waals surface area contributed by atoms with Crippen LogP contribution < -0.4 is 11.1 Å². The lowest BCUT2D eigenvalue weighted by atomic mass is 10.1. The molecule has 120 valence electrons. The lowest BCUT2D eigenvalue weighted by Gasteiger charge is -2.20. The van der Waals surface area contributed by atoms with Gasteiger partial charge in [0.15, 0.2) is 0 Å². The molecular weight excluding hydrogens is 287 g/mol. The topological polar surface area (TPSA) is 81.4 Å². The smallest absolute Gasteiger partial charge is 0.253 e. The van der Waals surface area contributed by atoms with E-state index in [2.05, 4.69) is 5.32 Å². The van der Waals surface area contributed by atoms with Crippen LogP contribution in [0.25, 0.3) is 0 Å². The Hall–Kier alpha value is -1.95. The molecule has 5 nitrogen and oxygen atoms in total. The first-order valence-electron chi connectivity index (χ1n) is 7.57. The minimum absolute atomic E-state index is 0.130. The van der Waals surface area contributed by atoms with E-state index in [1.165, 1.54) is 12.1 Å². The molecule has 0 saturated heterocycles. The Bertz CT molecular complexity index is 556. The molecule has 0 radical (unpaired) electrons. The molecule has 0 unspecified atom stereocenters. The van der Waals surface area contributed by atoms with Gasteiger partial charge in [0.2, 0.25) is 0 Å². The predicted octanol–water partition coefficient (Wildman–Crippen LogP) is 2.60. The average Bonchev–Trinajstić information content (AvgIpc) is 2.99. The van der Waals surface area contributed by atoms with Crippen molar-refractivity contribution in [2.45, 2.75) is 51.2 Å². The van der Waals surface area contributed by atoms with Gasteiger partial charge in [-0.25, -0.2) is 4.39 Å². The molecular formula is C16H21FN2O3. The molecule has 3 N–H and O–H groups in total. The summed E-state index contributed by atoms with van der Waals surface area (Å²) in [6.45, 7) is 1.87. The monoisotopic (exact) mass is 308 g/mol. The van der Waals surface area contributed by atoms with Crippen LogP contribution in [-0.4, -0.2) is 24.0 Å². The number of halogens is 1. The highest BCUT2D eigenvalue weighted by Crippen LogP contribution is 2.23. The van der Waals surface area contributed by atoms with Gasteiger partial charge < -0.3 is 15.8 Å². The number of ether oxygens (including phenoxy) is 1. The third kappa shape index (κ3) is 4.04. The molecule has 1 aromatic carbocycles. The maximum atomic E-state index is 13.4. The number of nitrogens with two attached hydrogens (primary N) is 1. The summed E-state index contributed by atoms with van der Waals surface area (Å²) in [6.07, 6.45) is 4.34. The van der Waals surface area contributed by atoms with Gasteiger partial charge in [-0.15, -0.1) is 0 Å². The van der Waals surface area contributed by atoms with E-state index in [0.717, 1.165) is 31.7 Å². The molecule has 0 spiro atoms. The summed E-state index contributed by atoms with van der Waals surface area (Å²) < 4.78 is 19.2. The van der Waals surface area contributed by atoms with Gasteiger partial charge in [-0.05, 0) is 37.5 Å². The number of amides is 2. The molecule has 6 heteroatoms. The zero-order valence-electron chi connectivity index (χ0n) is 12.6. The van der Waals surface area contributed by atoms with Crippen LogP contribution >= 0.6 is 0 Å². The third-order valence-electron chi connectivity index (χ3n) is 3.82. The van der Waals surface area contributed by atoms with Gasteiger partial charge in [-0.2, -0.15) is 0 Å². The normalized spacial score (nSPS) is 16.5. The van der Waals surface area contributed by atoms with E-state index in [1.54, 1.807) is 0 Å². The number of nitrogens with one attached hydrogen (secondary N) is 1. The van der Waals surface area contributed by atoms with Crippen LogP contribution in [0.5, 0.6) is 0 Å². The van der Waals surface area contributed by atoms with Crippen molar-refractivity contribution in [1.82, 2.24) is 0 Å². The number of carbonyl (C=O) groups excluding carboxylic acids is 2. The molecule has 2 rings (SSSR count). The van der Waals surface area contributed by atoms with E-state index in [-0.39, 0.29) is 17.6 Å². The molecule has 0 aliphatic heterocycles. The SMILES string of the molecule is CC[C@H](OC1CCCC1)C(=O)Nc1ccc(F)c(C(N)=O)c1. The van der Waals surface area contributed by atoms with Crippen molar-refractivity contribution in [3.8, 4) is 0 Å². The van der Waals surface area contributed by atoms with E-state index in [4.69, 9.17) is 10.5 Å². The van der Waals surface area contributed by atoms with Crippen LogP contribution in [-0.2, 0) is 9.53 Å². The van der Waals surface area contributed by atoms with Gasteiger partial charge in [0.05, 0.1) is 11.7 Å². The molecule has 1 aliphatic rings. The molecule has 0 aromatic heterocycles. The second-order valence-corrected chi connectivity index (χ2v) is 5.49. The summed E-state index contributed by atoms with van der Waals surface area (Å²) in [7, 11) is 0. The highest BCUT2D eigenvalue weighted by Gasteiger charge is 2.24. The fraction of sp³-hybridized carbons (Fsp3) is 0.500. The van der Waals surface area contributed by atoms with Crippen LogP contribution in [0, 0.1) is 5.82 Å². The fourth-order valence-electron chi connectivity index (χ4n) is 2.61. The highest BCUT2D eigenvalue weighted by atomic mass is 19.1. The van der Waals surface area contributed by atoms with Crippen LogP contribution in [0.1, 0.15) is 49.4 Å². The van der Waals surface area contributed by atoms with Gasteiger partial charge in [-0.1, -0.05) is 19.8 Å². The summed E-state index contributed by atoms with van der Waals surface area (Å²) in [5.74, 6) is -1.88. The molecule has 2 amide bonds. The van der Waals surface area contributed by atoms with E-state index in [1.807, 2.05) is 6.92 Å². The Kier molecular flexibility index (Phi) is 5.49. The van der Waals surface area contributed by atoms with Gasteiger partial charge in [0.25, 0.3) is 11.8 Å². The Morgan fingerprint density at radius 1 is 1.41 bits per heavy atom. The number of carbonyl (C=O) groups is 2. The molecule has 22 heavy (non-hydrogen) atoms. The maximum Gasteiger partial charge on any atom is 0.253 e. The number of rotatable bonds is 6. The van der Waals surface area contributed by atoms with Gasteiger partial charge in [0, 0.05) is 5.69 Å². The molecule has 1 fully saturated rings. The average molecular weight is 308 g/mol. The fourth-order valence-corrected chi connectivity index (χ4v) is 2.61. The van der Waals surface area contributed by atoms with Gasteiger partial charge in [-0.3, -0.25) is 9.59 Å². The van der Waals surface area contributed by atoms with Gasteiger partial charge >= 0.3 is 0 Å². The van der Waals surface area contributed by atoms with Crippen molar-refractivity contribution in [1.29, 1.82) is 0 Å². The van der Waals surface area contributed by atoms with E-state index in [9.17, 15) is 14.0 Å². The minimum atomic E-state index is -0.872. The minimum Gasteiger partial charge on any atom is -0.366 e. The molecule has 1 aliphatic carbocycles. The van der Waals surface area contributed by atoms with Gasteiger partial charge in [0.1, 0.15) is 11.9 Å². The molecule has 0 bridgehead atoms. The van der Waals surface area contributed by atoms with Crippen molar-refractivity contribution in [2.24, 2.45) is 5.73 Å². The standard InChI is InChI=1S/C16H21FN2O3/c1-2-14(22-11-5-3-4-6-11)16(21)19-10-7-8-13(17)12(9-10)15(18)20/h7-9,11,14H,2-6H2,1H3,(H2,18,20)(H,19,21)/t14-/m0/s1. The Balaban J connectivity index is 2.03. The Morgan fingerprint density at radius 3 is 2.68 bits per heavy atom. The van der Waals surface area contributed by atoms with Crippen LogP contribution in [0.3, 0.4) is 0 Å². The van der Waals surface area contributed by atoms with Crippen LogP contribution in [0.2, 0.25) is 0 Å². The summed E-state index contributed by atoms with van der Waals surface area (Å²) in [4.78, 5) is 23.4. The van der Waals surface area contributed by atoms with Crippen LogP contribution in [0.4, 0.5) is 10.1 Å². The van der Waals surface area contributed by atoms with E-state index < -0.39 is 17.8 Å². The second-order valence-electron chi connectivity index (χ2n) is 5.49. The molecule has 1 aromatic rings. The molecule has 1 atom stereocenters. The number of primary amides is 1. The zero-order valence-corrected chi connectivity index (χ0v) is 12.6. The number of benzene rings is 1. The van der Waals surface area contributed by atoms with Crippen molar-refractivity contribution >= 4 is 17.5 Å². The van der Waals surface area contributed by atoms with E-state index in [0.29, 0.717) is 12.1 Å². The van der Waals surface area contributed by atoms with Crippen molar-refractivity contribution < 1.29 is 18.7 Å². The van der Waals surface area contributed by atoms with Crippen molar-refractivity contribution in [3.05, 3.63) is 29.6 Å². The quantitative estimate of drug-likeness (QED) is 0.847. The number of hydrogen-bond acceptors (Lipinski definition) is 3. The number of anilines is 1. The van der Waals surface area contributed by atoms with E-state index >= 15 is 0 Å². The predicted molar refractivity (Wildman–Crippen MR) is 81.0 cm³/mol. The Morgan fingerprint density at radius 2 is 2.09 bits per heavy atom. The first-order chi connectivity index (χ1) is 10.5. The lowest BCUT2D eigenvalue weighted by molar-refractivity contribution is -0.131. The summed E-state index contributed by atoms with van der Waals surface area (Å²) >= 11 is 0. The largest absolute Gasteiger partial charge is 0.366 e. The summed E-state index contributed by atoms with van der Waals surface area (Å²) in [5.41, 5.74) is 5.17. The Labute approximate surface area is 129 Å².